The molecule has 3 heteroatoms. The summed E-state index contributed by atoms with van der Waals surface area (Å²) in [6.45, 7) is 8.04. The van der Waals surface area contributed by atoms with E-state index >= 15 is 0 Å². The molecule has 2 unspecified atom stereocenters. The lowest BCUT2D eigenvalue weighted by Gasteiger charge is -2.26. The number of aromatic nitrogens is 1. The summed E-state index contributed by atoms with van der Waals surface area (Å²) in [5.41, 5.74) is 1.22. The van der Waals surface area contributed by atoms with Crippen LogP contribution in [0.3, 0.4) is 0 Å². The summed E-state index contributed by atoms with van der Waals surface area (Å²) >= 11 is 0. The van der Waals surface area contributed by atoms with E-state index in [2.05, 4.69) is 42.3 Å². The Morgan fingerprint density at radius 2 is 2.00 bits per heavy atom. The lowest BCUT2D eigenvalue weighted by atomic mass is 9.98. The second-order valence-corrected chi connectivity index (χ2v) is 5.04. The van der Waals surface area contributed by atoms with Crippen LogP contribution in [0.15, 0.2) is 36.7 Å². The molecule has 0 aliphatic heterocycles. The average Bonchev–Trinajstić information content (AvgIpc) is 2.48. The van der Waals surface area contributed by atoms with Gasteiger partial charge in [-0.15, -0.1) is 0 Å². The minimum absolute atomic E-state index is 0.124. The van der Waals surface area contributed by atoms with Crippen molar-refractivity contribution in [3.63, 3.8) is 0 Å². The summed E-state index contributed by atoms with van der Waals surface area (Å²) in [6, 6.07) is 8.57. The van der Waals surface area contributed by atoms with Crippen LogP contribution in [0.5, 0.6) is 0 Å². The Morgan fingerprint density at radius 1 is 1.20 bits per heavy atom. The third-order valence-electron chi connectivity index (χ3n) is 3.55. The fourth-order valence-electron chi connectivity index (χ4n) is 2.58. The molecule has 0 spiro atoms. The number of benzene rings is 1. The van der Waals surface area contributed by atoms with Crippen molar-refractivity contribution >= 4 is 10.8 Å². The van der Waals surface area contributed by atoms with E-state index in [1.807, 2.05) is 25.4 Å². The highest BCUT2D eigenvalue weighted by atomic mass is 16.5. The van der Waals surface area contributed by atoms with Crippen LogP contribution in [-0.2, 0) is 4.74 Å². The van der Waals surface area contributed by atoms with E-state index in [-0.39, 0.29) is 12.1 Å². The molecular weight excluding hydrogens is 248 g/mol. The topological polar surface area (TPSA) is 34.2 Å². The third kappa shape index (κ3) is 3.35. The zero-order chi connectivity index (χ0) is 14.4. The quantitative estimate of drug-likeness (QED) is 0.834. The highest BCUT2D eigenvalue weighted by Gasteiger charge is 2.21. The fraction of sp³-hybridized carbons (Fsp3) is 0.471. The minimum atomic E-state index is 0.124. The monoisotopic (exact) mass is 272 g/mol. The van der Waals surface area contributed by atoms with Crippen molar-refractivity contribution in [2.24, 2.45) is 0 Å². The molecule has 1 heterocycles. The van der Waals surface area contributed by atoms with Crippen LogP contribution < -0.4 is 5.32 Å². The molecule has 20 heavy (non-hydrogen) atoms. The summed E-state index contributed by atoms with van der Waals surface area (Å²) in [6.07, 6.45) is 5.11. The maximum atomic E-state index is 5.81. The Bertz CT molecular complexity index is 536. The molecular formula is C17H24N2O. The Morgan fingerprint density at radius 3 is 2.75 bits per heavy atom. The van der Waals surface area contributed by atoms with Gasteiger partial charge >= 0.3 is 0 Å². The molecule has 0 fully saturated rings. The van der Waals surface area contributed by atoms with Crippen LogP contribution in [-0.4, -0.2) is 24.2 Å². The van der Waals surface area contributed by atoms with Crippen molar-refractivity contribution in [1.29, 1.82) is 0 Å². The van der Waals surface area contributed by atoms with Crippen molar-refractivity contribution in [1.82, 2.24) is 10.3 Å². The van der Waals surface area contributed by atoms with E-state index in [1.54, 1.807) is 0 Å². The first-order valence-corrected chi connectivity index (χ1v) is 7.45. The molecule has 2 rings (SSSR count). The fourth-order valence-corrected chi connectivity index (χ4v) is 2.58. The number of rotatable bonds is 7. The van der Waals surface area contributed by atoms with Gasteiger partial charge in [0.2, 0.25) is 0 Å². The summed E-state index contributed by atoms with van der Waals surface area (Å²) in [5.74, 6) is 0. The predicted molar refractivity (Wildman–Crippen MR) is 83.9 cm³/mol. The highest BCUT2D eigenvalue weighted by Crippen LogP contribution is 2.26. The predicted octanol–water partition coefficient (Wildman–Crippen LogP) is 3.70. The van der Waals surface area contributed by atoms with Gasteiger partial charge in [0, 0.05) is 24.4 Å². The Hall–Kier alpha value is -1.45. The molecule has 0 radical (unpaired) electrons. The van der Waals surface area contributed by atoms with Gasteiger partial charge in [0.1, 0.15) is 0 Å². The molecule has 0 saturated heterocycles. The number of nitrogens with zero attached hydrogens (tertiary/aromatic N) is 1. The molecule has 1 aromatic heterocycles. The summed E-state index contributed by atoms with van der Waals surface area (Å²) in [5, 5.41) is 6.03. The molecule has 3 nitrogen and oxygen atoms in total. The van der Waals surface area contributed by atoms with E-state index in [0.29, 0.717) is 0 Å². The van der Waals surface area contributed by atoms with E-state index in [0.717, 1.165) is 19.6 Å². The summed E-state index contributed by atoms with van der Waals surface area (Å²) in [7, 11) is 0. The molecule has 0 amide bonds. The number of pyridine rings is 1. The Labute approximate surface area is 121 Å². The molecule has 1 aromatic carbocycles. The van der Waals surface area contributed by atoms with Gasteiger partial charge in [-0.05, 0) is 37.8 Å². The smallest absolute Gasteiger partial charge is 0.0742 e. The van der Waals surface area contributed by atoms with Crippen LogP contribution in [0.2, 0.25) is 0 Å². The lowest BCUT2D eigenvalue weighted by Crippen LogP contribution is -2.33. The Balaban J connectivity index is 2.39. The molecule has 2 aromatic rings. The third-order valence-corrected chi connectivity index (χ3v) is 3.55. The van der Waals surface area contributed by atoms with Gasteiger partial charge in [0.25, 0.3) is 0 Å². The van der Waals surface area contributed by atoms with E-state index in [9.17, 15) is 0 Å². The van der Waals surface area contributed by atoms with Crippen molar-refractivity contribution in [3.05, 3.63) is 42.2 Å². The zero-order valence-electron chi connectivity index (χ0n) is 12.6. The van der Waals surface area contributed by atoms with Crippen LogP contribution >= 0.6 is 0 Å². The van der Waals surface area contributed by atoms with Gasteiger partial charge in [0.15, 0.2) is 0 Å². The van der Waals surface area contributed by atoms with E-state index in [4.69, 9.17) is 4.74 Å². The minimum Gasteiger partial charge on any atom is -0.377 e. The SMILES string of the molecule is CCCNC(c1cncc2ccccc12)C(C)OCC. The molecule has 1 N–H and O–H groups in total. The van der Waals surface area contributed by atoms with Crippen LogP contribution in [0.25, 0.3) is 10.8 Å². The second kappa shape index (κ2) is 7.36. The van der Waals surface area contributed by atoms with Crippen LogP contribution in [0.1, 0.15) is 38.8 Å². The second-order valence-electron chi connectivity index (χ2n) is 5.04. The maximum Gasteiger partial charge on any atom is 0.0742 e. The van der Waals surface area contributed by atoms with Crippen molar-refractivity contribution in [3.8, 4) is 0 Å². The van der Waals surface area contributed by atoms with Crippen molar-refractivity contribution in [2.75, 3.05) is 13.2 Å². The lowest BCUT2D eigenvalue weighted by molar-refractivity contribution is 0.0475. The largest absolute Gasteiger partial charge is 0.377 e. The summed E-state index contributed by atoms with van der Waals surface area (Å²) in [4.78, 5) is 4.39. The van der Waals surface area contributed by atoms with Crippen molar-refractivity contribution in [2.45, 2.75) is 39.3 Å². The maximum absolute atomic E-state index is 5.81. The van der Waals surface area contributed by atoms with Gasteiger partial charge in [0.05, 0.1) is 12.1 Å². The zero-order valence-corrected chi connectivity index (χ0v) is 12.6. The first kappa shape index (κ1) is 14.9. The molecule has 0 bridgehead atoms. The number of fused-ring (bicyclic) bond motifs is 1. The van der Waals surface area contributed by atoms with E-state index < -0.39 is 0 Å². The number of nitrogens with one attached hydrogen (secondary N) is 1. The van der Waals surface area contributed by atoms with Gasteiger partial charge in [-0.1, -0.05) is 31.2 Å². The summed E-state index contributed by atoms with van der Waals surface area (Å²) < 4.78 is 5.81. The molecule has 0 saturated carbocycles. The first-order chi connectivity index (χ1) is 9.77. The van der Waals surface area contributed by atoms with Gasteiger partial charge < -0.3 is 10.1 Å². The number of hydrogen-bond donors (Lipinski definition) is 1. The van der Waals surface area contributed by atoms with Gasteiger partial charge in [-0.3, -0.25) is 4.98 Å². The molecule has 108 valence electrons. The standard InChI is InChI=1S/C17H24N2O/c1-4-10-19-17(13(3)20-5-2)16-12-18-11-14-8-6-7-9-15(14)16/h6-9,11-13,17,19H,4-5,10H2,1-3H3. The Kier molecular flexibility index (Phi) is 5.50. The number of ether oxygens (including phenoxy) is 1. The molecule has 0 aliphatic carbocycles. The first-order valence-electron chi connectivity index (χ1n) is 7.45. The van der Waals surface area contributed by atoms with Crippen LogP contribution in [0, 0.1) is 0 Å². The normalized spacial score (nSPS) is 14.3. The molecule has 2 atom stereocenters. The van der Waals surface area contributed by atoms with Gasteiger partial charge in [-0.25, -0.2) is 0 Å². The van der Waals surface area contributed by atoms with Gasteiger partial charge in [-0.2, -0.15) is 0 Å². The van der Waals surface area contributed by atoms with Crippen molar-refractivity contribution < 1.29 is 4.74 Å². The van der Waals surface area contributed by atoms with Crippen LogP contribution in [0.4, 0.5) is 0 Å². The highest BCUT2D eigenvalue weighted by molar-refractivity contribution is 5.85. The average molecular weight is 272 g/mol. The number of hydrogen-bond acceptors (Lipinski definition) is 3. The van der Waals surface area contributed by atoms with E-state index in [1.165, 1.54) is 16.3 Å². The molecule has 0 aliphatic rings.